The maximum atomic E-state index is 2.27. The van der Waals surface area contributed by atoms with Crippen LogP contribution in [0.3, 0.4) is 0 Å². The lowest BCUT2D eigenvalue weighted by Crippen LogP contribution is -1.85. The molecule has 0 aliphatic heterocycles. The van der Waals surface area contributed by atoms with Crippen LogP contribution in [0.5, 0.6) is 0 Å². The second-order valence-electron chi connectivity index (χ2n) is 5.72. The minimum atomic E-state index is 0.903. The smallest absolute Gasteiger partial charge is 0.0471 e. The Morgan fingerprint density at radius 1 is 0.273 bits per heavy atom. The molecule has 0 unspecified atom stereocenters. The molecule has 0 amide bonds. The summed E-state index contributed by atoms with van der Waals surface area (Å²) in [4.78, 5) is 0. The monoisotopic (exact) mass is 647 g/mol. The van der Waals surface area contributed by atoms with Gasteiger partial charge in [-0.1, -0.05) is 292 Å². The zero-order chi connectivity index (χ0) is 40.1. The highest BCUT2D eigenvalue weighted by molar-refractivity contribution is 4.51. The fraction of sp³-hybridized carbons (Fsp3) is 1.00. The van der Waals surface area contributed by atoms with Crippen LogP contribution >= 0.6 is 0 Å². The molecule has 2 saturated carbocycles. The van der Waals surface area contributed by atoms with Crippen LogP contribution in [0.25, 0.3) is 0 Å². The summed E-state index contributed by atoms with van der Waals surface area (Å²) >= 11 is 0. The lowest BCUT2D eigenvalue weighted by molar-refractivity contribution is 0.504. The van der Waals surface area contributed by atoms with E-state index >= 15 is 0 Å². The summed E-state index contributed by atoms with van der Waals surface area (Å²) in [6.45, 7) is 62.8. The molecular weight excluding hydrogens is 528 g/mol. The van der Waals surface area contributed by atoms with E-state index in [1.54, 1.807) is 0 Å². The van der Waals surface area contributed by atoms with Gasteiger partial charge in [0.15, 0.2) is 0 Å². The molecule has 44 heavy (non-hydrogen) atoms. The van der Waals surface area contributed by atoms with Crippen LogP contribution in [0.2, 0.25) is 0 Å². The molecule has 0 saturated heterocycles. The predicted octanol–water partition coefficient (Wildman–Crippen LogP) is 20.7. The van der Waals surface area contributed by atoms with Crippen LogP contribution in [-0.2, 0) is 0 Å². The molecular formula is C44H118. The molecule has 2 aliphatic rings. The van der Waals surface area contributed by atoms with E-state index in [1.165, 1.54) is 77.0 Å². The molecule has 0 radical (unpaired) electrons. The van der Waals surface area contributed by atoms with Crippen molar-refractivity contribution >= 4 is 0 Å². The zero-order valence-electron chi connectivity index (χ0n) is 40.1. The molecule has 2 fully saturated rings. The van der Waals surface area contributed by atoms with Crippen molar-refractivity contribution in [2.24, 2.45) is 5.92 Å². The normalized spacial score (nSPS) is 8.45. The van der Waals surface area contributed by atoms with Crippen molar-refractivity contribution in [3.63, 3.8) is 0 Å². The lowest BCUT2D eigenvalue weighted by atomic mass is 10.0. The van der Waals surface area contributed by atoms with Crippen LogP contribution in [0, 0.1) is 5.92 Å². The lowest BCUT2D eigenvalue weighted by Gasteiger charge is -2.05. The Morgan fingerprint density at radius 2 is 0.386 bits per heavy atom. The van der Waals surface area contributed by atoms with E-state index in [4.69, 9.17) is 0 Å². The molecule has 0 nitrogen and oxygen atoms in total. The highest BCUT2D eigenvalue weighted by Gasteiger charge is 1.95. The highest BCUT2D eigenvalue weighted by atomic mass is 14.0. The number of hydrogen-bond donors (Lipinski definition) is 0. The molecule has 0 heteroatoms. The summed E-state index contributed by atoms with van der Waals surface area (Å²) in [5.74, 6) is 0.903. The van der Waals surface area contributed by atoms with Crippen LogP contribution in [0.1, 0.15) is 292 Å². The minimum absolute atomic E-state index is 0.903. The first kappa shape index (κ1) is 96.7. The second-order valence-corrected chi connectivity index (χ2v) is 5.72. The first-order chi connectivity index (χ1) is 21.8. The Labute approximate surface area is 297 Å². The summed E-state index contributed by atoms with van der Waals surface area (Å²) in [5, 5.41) is 0. The molecule has 294 valence electrons. The molecule has 0 heterocycles. The third-order valence-electron chi connectivity index (χ3n) is 3.39. The van der Waals surface area contributed by atoms with Crippen molar-refractivity contribution in [1.82, 2.24) is 0 Å². The number of hydrogen-bond acceptors (Lipinski definition) is 0. The largest absolute Gasteiger partial charge is 0.0683 e. The van der Waals surface area contributed by atoms with Crippen molar-refractivity contribution in [3.8, 4) is 0 Å². The third kappa shape index (κ3) is 418. The van der Waals surface area contributed by atoms with E-state index in [2.05, 4.69) is 20.8 Å². The minimum Gasteiger partial charge on any atom is -0.0683 e. The summed E-state index contributed by atoms with van der Waals surface area (Å²) in [5.41, 5.74) is 0. The summed E-state index contributed by atoms with van der Waals surface area (Å²) in [7, 11) is 0. The Balaban J connectivity index is -0.0000000161. The molecule has 0 spiro atoms. The van der Waals surface area contributed by atoms with E-state index in [0.717, 1.165) is 5.92 Å². The third-order valence-corrected chi connectivity index (χ3v) is 3.39. The topological polar surface area (TPSA) is 0 Å². The van der Waals surface area contributed by atoms with Crippen molar-refractivity contribution in [1.29, 1.82) is 0 Å². The first-order valence-corrected chi connectivity index (χ1v) is 21.8. The molecule has 0 bridgehead atoms. The van der Waals surface area contributed by atoms with Crippen LogP contribution in [-0.4, -0.2) is 0 Å². The average Bonchev–Trinajstić information content (AvgIpc) is 3.76. The molecule has 0 aromatic rings. The van der Waals surface area contributed by atoms with Gasteiger partial charge in [0.05, 0.1) is 0 Å². The fourth-order valence-corrected chi connectivity index (χ4v) is 1.75. The van der Waals surface area contributed by atoms with Gasteiger partial charge >= 0.3 is 0 Å². The highest BCUT2D eigenvalue weighted by Crippen LogP contribution is 2.15. The zero-order valence-corrected chi connectivity index (χ0v) is 40.1. The predicted molar refractivity (Wildman–Crippen MR) is 235 cm³/mol. The molecule has 0 N–H and O–H groups in total. The van der Waals surface area contributed by atoms with Crippen LogP contribution in [0.4, 0.5) is 0 Å². The summed E-state index contributed by atoms with van der Waals surface area (Å²) in [6.07, 6.45) is 17.6. The van der Waals surface area contributed by atoms with E-state index in [-0.39, 0.29) is 0 Å². The van der Waals surface area contributed by atoms with Gasteiger partial charge in [-0.05, 0) is 5.92 Å². The van der Waals surface area contributed by atoms with Gasteiger partial charge in [-0.2, -0.15) is 0 Å². The van der Waals surface area contributed by atoms with Gasteiger partial charge in [0.25, 0.3) is 0 Å². The van der Waals surface area contributed by atoms with Gasteiger partial charge in [-0.3, -0.25) is 0 Å². The van der Waals surface area contributed by atoms with Crippen molar-refractivity contribution in [2.75, 3.05) is 0 Å². The Hall–Kier alpha value is 0. The SMILES string of the molecule is C1CCC1.C1CCCC1.CC.CC.CC.CC.CC.CC.CC.CC.CC.CC.CC.CC.CC.CC.CCCCC(C)C. The van der Waals surface area contributed by atoms with E-state index in [0.29, 0.717) is 0 Å². The number of unbranched alkanes of at least 4 members (excludes halogenated alkanes) is 1. The van der Waals surface area contributed by atoms with E-state index in [1.807, 2.05) is 194 Å². The van der Waals surface area contributed by atoms with Gasteiger partial charge in [-0.15, -0.1) is 0 Å². The standard InChI is InChI=1S/C7H16.C5H10.C4H8.14C2H6/c1-4-5-6-7(2)3;1-2-4-5-3-1;1-2-4-3-1;14*1-2/h7H,4-6H2,1-3H3;1-5H2;1-4H2;14*1-2H3. The quantitative estimate of drug-likeness (QED) is 0.286. The van der Waals surface area contributed by atoms with Gasteiger partial charge in [0.2, 0.25) is 0 Å². The fourth-order valence-electron chi connectivity index (χ4n) is 1.75. The van der Waals surface area contributed by atoms with Crippen LogP contribution < -0.4 is 0 Å². The van der Waals surface area contributed by atoms with E-state index < -0.39 is 0 Å². The van der Waals surface area contributed by atoms with Crippen molar-refractivity contribution in [3.05, 3.63) is 0 Å². The number of rotatable bonds is 3. The average molecular weight is 647 g/mol. The van der Waals surface area contributed by atoms with E-state index in [9.17, 15) is 0 Å². The maximum Gasteiger partial charge on any atom is -0.0471 e. The van der Waals surface area contributed by atoms with Gasteiger partial charge in [-0.25, -0.2) is 0 Å². The second kappa shape index (κ2) is 337. The van der Waals surface area contributed by atoms with Crippen molar-refractivity contribution < 1.29 is 0 Å². The molecule has 0 aromatic heterocycles. The van der Waals surface area contributed by atoms with Gasteiger partial charge in [0.1, 0.15) is 0 Å². The van der Waals surface area contributed by atoms with Crippen molar-refractivity contribution in [2.45, 2.75) is 292 Å². The Morgan fingerprint density at radius 3 is 0.432 bits per heavy atom. The van der Waals surface area contributed by atoms with Gasteiger partial charge < -0.3 is 0 Å². The molecule has 2 rings (SSSR count). The van der Waals surface area contributed by atoms with Gasteiger partial charge in [0, 0.05) is 0 Å². The summed E-state index contributed by atoms with van der Waals surface area (Å²) in [6, 6.07) is 0. The Bertz CT molecular complexity index is 95.6. The first-order valence-electron chi connectivity index (χ1n) is 21.8. The Kier molecular flexibility index (Phi) is 741. The summed E-state index contributed by atoms with van der Waals surface area (Å²) < 4.78 is 0. The molecule has 2 aliphatic carbocycles. The van der Waals surface area contributed by atoms with Crippen LogP contribution in [0.15, 0.2) is 0 Å². The molecule has 0 aromatic carbocycles. The maximum absolute atomic E-state index is 2.27. The molecule has 0 atom stereocenters.